The summed E-state index contributed by atoms with van der Waals surface area (Å²) >= 11 is 5.02. The second kappa shape index (κ2) is 5.97. The molecule has 106 valence electrons. The van der Waals surface area contributed by atoms with Gasteiger partial charge >= 0.3 is 0 Å². The van der Waals surface area contributed by atoms with Crippen molar-refractivity contribution in [2.45, 2.75) is 18.7 Å². The Balaban J connectivity index is 2.40. The summed E-state index contributed by atoms with van der Waals surface area (Å²) in [5.74, 6) is 2.90. The maximum Gasteiger partial charge on any atom is 0.169 e. The predicted molar refractivity (Wildman–Crippen MR) is 82.4 cm³/mol. The van der Waals surface area contributed by atoms with Gasteiger partial charge in [-0.15, -0.1) is 0 Å². The topological polar surface area (TPSA) is 63.2 Å². The Hall–Kier alpha value is -0.340. The van der Waals surface area contributed by atoms with E-state index in [9.17, 15) is 8.42 Å². The normalized spacial score (nSPS) is 20.6. The molecule has 1 fully saturated rings. The Labute approximate surface area is 126 Å². The van der Waals surface area contributed by atoms with Gasteiger partial charge in [-0.2, -0.15) is 11.8 Å². The Bertz CT molecular complexity index is 565. The van der Waals surface area contributed by atoms with Gasteiger partial charge in [0.05, 0.1) is 0 Å². The summed E-state index contributed by atoms with van der Waals surface area (Å²) in [5, 5.41) is -0.502. The van der Waals surface area contributed by atoms with Crippen molar-refractivity contribution in [1.82, 2.24) is 9.97 Å². The Morgan fingerprint density at radius 2 is 2.26 bits per heavy atom. The third-order valence-corrected chi connectivity index (χ3v) is 5.97. The van der Waals surface area contributed by atoms with Gasteiger partial charge in [0.1, 0.15) is 21.6 Å². The van der Waals surface area contributed by atoms with E-state index in [-0.39, 0.29) is 0 Å². The molecule has 0 aliphatic carbocycles. The zero-order valence-electron chi connectivity index (χ0n) is 10.8. The molecule has 19 heavy (non-hydrogen) atoms. The van der Waals surface area contributed by atoms with Crippen LogP contribution < -0.4 is 4.90 Å². The van der Waals surface area contributed by atoms with Crippen LogP contribution in [0.4, 0.5) is 5.82 Å². The lowest BCUT2D eigenvalue weighted by molar-refractivity contribution is 0.583. The fourth-order valence-electron chi connectivity index (χ4n) is 1.95. The van der Waals surface area contributed by atoms with E-state index in [4.69, 9.17) is 0 Å². The first kappa shape index (κ1) is 15.1. The number of nitrogens with zero attached hydrogens (tertiary/aromatic N) is 3. The van der Waals surface area contributed by atoms with Crippen LogP contribution in [0.2, 0.25) is 0 Å². The quantitative estimate of drug-likeness (QED) is 0.760. The van der Waals surface area contributed by atoms with E-state index in [1.165, 1.54) is 6.26 Å². The molecule has 1 aromatic rings. The van der Waals surface area contributed by atoms with Gasteiger partial charge in [-0.3, -0.25) is 0 Å². The fraction of sp³-hybridized carbons (Fsp3) is 0.636. The molecule has 1 aliphatic heterocycles. The molecule has 1 aromatic heterocycles. The lowest BCUT2D eigenvalue weighted by atomic mass is 10.4. The largest absolute Gasteiger partial charge is 0.338 e. The van der Waals surface area contributed by atoms with Crippen LogP contribution in [0.1, 0.15) is 12.7 Å². The van der Waals surface area contributed by atoms with Crippen molar-refractivity contribution in [3.63, 3.8) is 0 Å². The fourth-order valence-corrected chi connectivity index (χ4v) is 5.19. The third-order valence-electron chi connectivity index (χ3n) is 2.92. The van der Waals surface area contributed by atoms with Crippen molar-refractivity contribution >= 4 is 43.3 Å². The maximum atomic E-state index is 11.9. The Morgan fingerprint density at radius 3 is 2.89 bits per heavy atom. The first-order valence-corrected chi connectivity index (χ1v) is 9.88. The van der Waals surface area contributed by atoms with Gasteiger partial charge in [-0.1, -0.05) is 6.92 Å². The minimum atomic E-state index is -3.13. The van der Waals surface area contributed by atoms with E-state index in [1.54, 1.807) is 17.8 Å². The van der Waals surface area contributed by atoms with Crippen LogP contribution in [0, 0.1) is 0 Å². The molecule has 2 heterocycles. The summed E-state index contributed by atoms with van der Waals surface area (Å²) in [4.78, 5) is 10.6. The molecule has 1 unspecified atom stereocenters. The highest BCUT2D eigenvalue weighted by molar-refractivity contribution is 9.10. The summed E-state index contributed by atoms with van der Waals surface area (Å²) < 4.78 is 24.5. The molecule has 0 spiro atoms. The molecule has 0 aromatic carbocycles. The van der Waals surface area contributed by atoms with Gasteiger partial charge in [-0.25, -0.2) is 18.4 Å². The molecule has 0 radical (unpaired) electrons. The van der Waals surface area contributed by atoms with Gasteiger partial charge in [0.15, 0.2) is 9.84 Å². The van der Waals surface area contributed by atoms with Gasteiger partial charge in [0.25, 0.3) is 0 Å². The predicted octanol–water partition coefficient (Wildman–Crippen LogP) is 1.73. The molecule has 5 nitrogen and oxygen atoms in total. The second-order valence-corrected chi connectivity index (χ2v) is 8.54. The number of rotatable bonds is 3. The summed E-state index contributed by atoms with van der Waals surface area (Å²) in [6.45, 7) is 2.67. The molecule has 1 atom stereocenters. The maximum absolute atomic E-state index is 11.9. The summed E-state index contributed by atoms with van der Waals surface area (Å²) in [6, 6.07) is 1.79. The highest BCUT2D eigenvalue weighted by Crippen LogP contribution is 2.26. The van der Waals surface area contributed by atoms with Crippen molar-refractivity contribution in [2.75, 3.05) is 29.2 Å². The van der Waals surface area contributed by atoms with Gasteiger partial charge < -0.3 is 4.90 Å². The van der Waals surface area contributed by atoms with Gasteiger partial charge in [-0.05, 0) is 15.9 Å². The number of sulfone groups is 1. The average molecular weight is 366 g/mol. The Kier molecular flexibility index (Phi) is 4.73. The molecular formula is C11H16BrN3O2S2. The van der Waals surface area contributed by atoms with Crippen LogP contribution in [0.5, 0.6) is 0 Å². The standard InChI is InChI=1S/C11H16BrN3O2S2/c1-3-9-13-8(12)6-10(14-9)15-4-5-18-7-11(15)19(2,16)17/h6,11H,3-5,7H2,1-2H3. The van der Waals surface area contributed by atoms with Crippen LogP contribution in [0.25, 0.3) is 0 Å². The highest BCUT2D eigenvalue weighted by Gasteiger charge is 2.32. The van der Waals surface area contributed by atoms with E-state index in [1.807, 2.05) is 11.8 Å². The van der Waals surface area contributed by atoms with Gasteiger partial charge in [0.2, 0.25) is 0 Å². The number of hydrogen-bond donors (Lipinski definition) is 0. The lowest BCUT2D eigenvalue weighted by Crippen LogP contribution is -2.47. The molecular weight excluding hydrogens is 350 g/mol. The van der Waals surface area contributed by atoms with E-state index in [0.29, 0.717) is 22.7 Å². The molecule has 0 amide bonds. The van der Waals surface area contributed by atoms with E-state index in [0.717, 1.165) is 18.0 Å². The minimum Gasteiger partial charge on any atom is -0.338 e. The zero-order chi connectivity index (χ0) is 14.0. The average Bonchev–Trinajstić information content (AvgIpc) is 2.37. The molecule has 1 aliphatic rings. The molecule has 2 rings (SSSR count). The van der Waals surface area contributed by atoms with Crippen LogP contribution in [-0.2, 0) is 16.3 Å². The van der Waals surface area contributed by atoms with Crippen LogP contribution in [0.15, 0.2) is 10.7 Å². The van der Waals surface area contributed by atoms with Crippen molar-refractivity contribution in [2.24, 2.45) is 0 Å². The highest BCUT2D eigenvalue weighted by atomic mass is 79.9. The van der Waals surface area contributed by atoms with Crippen LogP contribution in [-0.4, -0.2) is 48.1 Å². The molecule has 1 saturated heterocycles. The lowest BCUT2D eigenvalue weighted by Gasteiger charge is -2.35. The molecule has 8 heteroatoms. The third kappa shape index (κ3) is 3.61. The van der Waals surface area contributed by atoms with Crippen molar-refractivity contribution < 1.29 is 8.42 Å². The Morgan fingerprint density at radius 1 is 1.53 bits per heavy atom. The van der Waals surface area contributed by atoms with E-state index >= 15 is 0 Å². The SMILES string of the molecule is CCc1nc(Br)cc(N2CCSCC2S(C)(=O)=O)n1. The summed E-state index contributed by atoms with van der Waals surface area (Å²) in [5.41, 5.74) is 0. The van der Waals surface area contributed by atoms with Crippen molar-refractivity contribution in [3.8, 4) is 0 Å². The molecule has 0 N–H and O–H groups in total. The first-order chi connectivity index (χ1) is 8.91. The first-order valence-electron chi connectivity index (χ1n) is 5.98. The number of halogens is 1. The van der Waals surface area contributed by atoms with Crippen LogP contribution in [0.3, 0.4) is 0 Å². The second-order valence-electron chi connectivity index (χ2n) is 4.37. The van der Waals surface area contributed by atoms with Crippen LogP contribution >= 0.6 is 27.7 Å². The van der Waals surface area contributed by atoms with Gasteiger partial charge in [0, 0.05) is 36.8 Å². The number of thioether (sulfide) groups is 1. The van der Waals surface area contributed by atoms with E-state index in [2.05, 4.69) is 25.9 Å². The molecule has 0 saturated carbocycles. The summed E-state index contributed by atoms with van der Waals surface area (Å²) in [7, 11) is -3.13. The monoisotopic (exact) mass is 365 g/mol. The number of aryl methyl sites for hydroxylation is 1. The number of aromatic nitrogens is 2. The minimum absolute atomic E-state index is 0.502. The zero-order valence-corrected chi connectivity index (χ0v) is 14.1. The van der Waals surface area contributed by atoms with Crippen molar-refractivity contribution in [1.29, 1.82) is 0 Å². The van der Waals surface area contributed by atoms with Crippen molar-refractivity contribution in [3.05, 3.63) is 16.5 Å². The number of anilines is 1. The van der Waals surface area contributed by atoms with E-state index < -0.39 is 15.2 Å². The smallest absolute Gasteiger partial charge is 0.169 e. The molecule has 0 bridgehead atoms. The summed E-state index contributed by atoms with van der Waals surface area (Å²) in [6.07, 6.45) is 2.01. The number of hydrogen-bond acceptors (Lipinski definition) is 6.